The number of carbonyl (C=O) groups excluding carboxylic acids is 1. The van der Waals surface area contributed by atoms with Crippen LogP contribution in [0.5, 0.6) is 0 Å². The number of anilines is 1. The van der Waals surface area contributed by atoms with E-state index in [0.29, 0.717) is 12.2 Å². The lowest BCUT2D eigenvalue weighted by atomic mass is 10.4. The van der Waals surface area contributed by atoms with Gasteiger partial charge in [-0.1, -0.05) is 24.3 Å². The SMILES string of the molecule is O=C(CCSc1ccccc1)Nc1ccccn1. The van der Waals surface area contributed by atoms with Crippen LogP contribution in [0.15, 0.2) is 59.6 Å². The van der Waals surface area contributed by atoms with Crippen molar-refractivity contribution in [3.63, 3.8) is 0 Å². The van der Waals surface area contributed by atoms with E-state index in [-0.39, 0.29) is 5.91 Å². The largest absolute Gasteiger partial charge is 0.311 e. The van der Waals surface area contributed by atoms with Gasteiger partial charge in [-0.15, -0.1) is 11.8 Å². The summed E-state index contributed by atoms with van der Waals surface area (Å²) in [7, 11) is 0. The summed E-state index contributed by atoms with van der Waals surface area (Å²) in [5.74, 6) is 1.37. The van der Waals surface area contributed by atoms with Gasteiger partial charge in [0, 0.05) is 23.3 Å². The first kappa shape index (κ1) is 12.6. The molecule has 0 bridgehead atoms. The number of thioether (sulfide) groups is 1. The second-order valence-corrected chi connectivity index (χ2v) is 4.84. The summed E-state index contributed by atoms with van der Waals surface area (Å²) < 4.78 is 0. The Labute approximate surface area is 111 Å². The highest BCUT2D eigenvalue weighted by Crippen LogP contribution is 2.17. The Morgan fingerprint density at radius 1 is 1.11 bits per heavy atom. The lowest BCUT2D eigenvalue weighted by Crippen LogP contribution is -2.12. The predicted octanol–water partition coefficient (Wildman–Crippen LogP) is 3.20. The van der Waals surface area contributed by atoms with Crippen molar-refractivity contribution in [3.05, 3.63) is 54.7 Å². The Morgan fingerprint density at radius 2 is 1.89 bits per heavy atom. The normalized spacial score (nSPS) is 10.0. The highest BCUT2D eigenvalue weighted by molar-refractivity contribution is 7.99. The van der Waals surface area contributed by atoms with Gasteiger partial charge < -0.3 is 5.32 Å². The molecule has 1 aromatic carbocycles. The van der Waals surface area contributed by atoms with Gasteiger partial charge in [0.05, 0.1) is 0 Å². The Kier molecular flexibility index (Phi) is 4.78. The first-order valence-electron chi connectivity index (χ1n) is 5.73. The van der Waals surface area contributed by atoms with Crippen molar-refractivity contribution in [2.24, 2.45) is 0 Å². The van der Waals surface area contributed by atoms with E-state index < -0.39 is 0 Å². The van der Waals surface area contributed by atoms with E-state index in [2.05, 4.69) is 10.3 Å². The van der Waals surface area contributed by atoms with Crippen molar-refractivity contribution in [3.8, 4) is 0 Å². The fourth-order valence-electron chi connectivity index (χ4n) is 1.42. The van der Waals surface area contributed by atoms with Gasteiger partial charge in [-0.3, -0.25) is 4.79 Å². The molecule has 1 aromatic heterocycles. The van der Waals surface area contributed by atoms with E-state index >= 15 is 0 Å². The minimum Gasteiger partial charge on any atom is -0.311 e. The number of hydrogen-bond acceptors (Lipinski definition) is 3. The number of nitrogens with one attached hydrogen (secondary N) is 1. The quantitative estimate of drug-likeness (QED) is 0.837. The fourth-order valence-corrected chi connectivity index (χ4v) is 2.29. The molecule has 0 atom stereocenters. The van der Waals surface area contributed by atoms with Gasteiger partial charge in [0.2, 0.25) is 5.91 Å². The van der Waals surface area contributed by atoms with Crippen molar-refractivity contribution in [1.29, 1.82) is 0 Å². The predicted molar refractivity (Wildman–Crippen MR) is 74.6 cm³/mol. The van der Waals surface area contributed by atoms with Crippen molar-refractivity contribution >= 4 is 23.5 Å². The Bertz CT molecular complexity index is 488. The van der Waals surface area contributed by atoms with Gasteiger partial charge in [0.1, 0.15) is 5.82 Å². The van der Waals surface area contributed by atoms with E-state index in [0.717, 1.165) is 5.75 Å². The second kappa shape index (κ2) is 6.81. The molecule has 3 nitrogen and oxygen atoms in total. The summed E-state index contributed by atoms with van der Waals surface area (Å²) in [6.07, 6.45) is 2.14. The van der Waals surface area contributed by atoms with Crippen LogP contribution < -0.4 is 5.32 Å². The van der Waals surface area contributed by atoms with E-state index in [9.17, 15) is 4.79 Å². The van der Waals surface area contributed by atoms with Crippen molar-refractivity contribution < 1.29 is 4.79 Å². The number of rotatable bonds is 5. The highest BCUT2D eigenvalue weighted by Gasteiger charge is 2.02. The number of aromatic nitrogens is 1. The third-order valence-electron chi connectivity index (χ3n) is 2.27. The fraction of sp³-hybridized carbons (Fsp3) is 0.143. The molecule has 0 saturated carbocycles. The topological polar surface area (TPSA) is 42.0 Å². The molecule has 0 aliphatic heterocycles. The van der Waals surface area contributed by atoms with Gasteiger partial charge in [-0.2, -0.15) is 0 Å². The van der Waals surface area contributed by atoms with Crippen LogP contribution in [-0.4, -0.2) is 16.6 Å². The number of pyridine rings is 1. The zero-order chi connectivity index (χ0) is 12.6. The summed E-state index contributed by atoms with van der Waals surface area (Å²) in [6, 6.07) is 15.5. The van der Waals surface area contributed by atoms with Crippen LogP contribution in [0.1, 0.15) is 6.42 Å². The lowest BCUT2D eigenvalue weighted by molar-refractivity contribution is -0.115. The van der Waals surface area contributed by atoms with Crippen LogP contribution in [-0.2, 0) is 4.79 Å². The summed E-state index contributed by atoms with van der Waals surface area (Å²) in [5, 5.41) is 2.76. The van der Waals surface area contributed by atoms with Crippen molar-refractivity contribution in [2.75, 3.05) is 11.1 Å². The number of amides is 1. The standard InChI is InChI=1S/C14H14N2OS/c17-14(16-13-8-4-5-10-15-13)9-11-18-12-6-2-1-3-7-12/h1-8,10H,9,11H2,(H,15,16,17). The molecule has 0 radical (unpaired) electrons. The maximum absolute atomic E-state index is 11.6. The third kappa shape index (κ3) is 4.22. The Hall–Kier alpha value is -1.81. The van der Waals surface area contributed by atoms with Gasteiger partial charge in [-0.05, 0) is 24.3 Å². The average Bonchev–Trinajstić information content (AvgIpc) is 2.41. The maximum atomic E-state index is 11.6. The lowest BCUT2D eigenvalue weighted by Gasteiger charge is -2.04. The molecule has 1 N–H and O–H groups in total. The summed E-state index contributed by atoms with van der Waals surface area (Å²) in [4.78, 5) is 16.9. The van der Waals surface area contributed by atoms with Crippen LogP contribution in [0.4, 0.5) is 5.82 Å². The smallest absolute Gasteiger partial charge is 0.226 e. The molecular weight excluding hydrogens is 244 g/mol. The molecule has 2 rings (SSSR count). The summed E-state index contributed by atoms with van der Waals surface area (Å²) >= 11 is 1.68. The summed E-state index contributed by atoms with van der Waals surface area (Å²) in [6.45, 7) is 0. The number of carbonyl (C=O) groups is 1. The minimum absolute atomic E-state index is 0.00266. The summed E-state index contributed by atoms with van der Waals surface area (Å²) in [5.41, 5.74) is 0. The number of benzene rings is 1. The zero-order valence-corrected chi connectivity index (χ0v) is 10.7. The first-order chi connectivity index (χ1) is 8.84. The molecule has 2 aromatic rings. The molecule has 92 valence electrons. The maximum Gasteiger partial charge on any atom is 0.226 e. The zero-order valence-electron chi connectivity index (χ0n) is 9.87. The Balaban J connectivity index is 1.73. The van der Waals surface area contributed by atoms with E-state index in [1.165, 1.54) is 4.90 Å². The molecule has 18 heavy (non-hydrogen) atoms. The number of nitrogens with zero attached hydrogens (tertiary/aromatic N) is 1. The second-order valence-electron chi connectivity index (χ2n) is 3.67. The van der Waals surface area contributed by atoms with Crippen LogP contribution in [0.25, 0.3) is 0 Å². The monoisotopic (exact) mass is 258 g/mol. The molecule has 0 fully saturated rings. The third-order valence-corrected chi connectivity index (χ3v) is 3.29. The molecule has 0 aliphatic carbocycles. The molecule has 0 spiro atoms. The van der Waals surface area contributed by atoms with Crippen LogP contribution in [0.3, 0.4) is 0 Å². The van der Waals surface area contributed by atoms with E-state index in [1.54, 1.807) is 24.0 Å². The molecule has 4 heteroatoms. The van der Waals surface area contributed by atoms with Gasteiger partial charge in [-0.25, -0.2) is 4.98 Å². The molecule has 0 unspecified atom stereocenters. The Morgan fingerprint density at radius 3 is 2.61 bits per heavy atom. The molecule has 1 heterocycles. The molecule has 0 aliphatic rings. The molecular formula is C14H14N2OS. The van der Waals surface area contributed by atoms with Crippen molar-refractivity contribution in [1.82, 2.24) is 4.98 Å². The van der Waals surface area contributed by atoms with E-state index in [4.69, 9.17) is 0 Å². The van der Waals surface area contributed by atoms with Gasteiger partial charge in [0.25, 0.3) is 0 Å². The van der Waals surface area contributed by atoms with Crippen LogP contribution in [0, 0.1) is 0 Å². The first-order valence-corrected chi connectivity index (χ1v) is 6.72. The molecule has 1 amide bonds. The average molecular weight is 258 g/mol. The minimum atomic E-state index is -0.00266. The van der Waals surface area contributed by atoms with E-state index in [1.807, 2.05) is 42.5 Å². The van der Waals surface area contributed by atoms with Crippen LogP contribution >= 0.6 is 11.8 Å². The van der Waals surface area contributed by atoms with Gasteiger partial charge in [0.15, 0.2) is 0 Å². The molecule has 0 saturated heterocycles. The van der Waals surface area contributed by atoms with Crippen molar-refractivity contribution in [2.45, 2.75) is 11.3 Å². The van der Waals surface area contributed by atoms with Crippen LogP contribution in [0.2, 0.25) is 0 Å². The number of hydrogen-bond donors (Lipinski definition) is 1. The van der Waals surface area contributed by atoms with Gasteiger partial charge >= 0.3 is 0 Å². The highest BCUT2D eigenvalue weighted by atomic mass is 32.2.